The maximum absolute atomic E-state index is 13.4. The number of amides is 2. The van der Waals surface area contributed by atoms with Crippen LogP contribution in [0.2, 0.25) is 0 Å². The summed E-state index contributed by atoms with van der Waals surface area (Å²) in [5.41, 5.74) is 4.33. The van der Waals surface area contributed by atoms with Gasteiger partial charge in [0.05, 0.1) is 6.26 Å². The molecule has 1 aromatic heterocycles. The number of hydrogen-bond acceptors (Lipinski definition) is 4. The Morgan fingerprint density at radius 3 is 2.47 bits per heavy atom. The van der Waals surface area contributed by atoms with E-state index in [1.165, 1.54) is 6.26 Å². The summed E-state index contributed by atoms with van der Waals surface area (Å²) in [5, 5.41) is 2.88. The largest absolute Gasteiger partial charge is 0.459 e. The van der Waals surface area contributed by atoms with Crippen LogP contribution in [0, 0.1) is 6.92 Å². The van der Waals surface area contributed by atoms with Gasteiger partial charge in [0, 0.05) is 43.6 Å². The predicted molar refractivity (Wildman–Crippen MR) is 128 cm³/mol. The molecule has 0 unspecified atom stereocenters. The highest BCUT2D eigenvalue weighted by atomic mass is 16.3. The van der Waals surface area contributed by atoms with E-state index < -0.39 is 0 Å². The van der Waals surface area contributed by atoms with E-state index in [-0.39, 0.29) is 23.6 Å². The second kappa shape index (κ2) is 10.2. The quantitative estimate of drug-likeness (QED) is 0.520. The van der Waals surface area contributed by atoms with Crippen molar-refractivity contribution in [3.63, 3.8) is 0 Å². The molecule has 0 radical (unpaired) electrons. The summed E-state index contributed by atoms with van der Waals surface area (Å²) in [6.45, 7) is 6.55. The van der Waals surface area contributed by atoms with Crippen LogP contribution in [0.4, 0.5) is 11.4 Å². The lowest BCUT2D eigenvalue weighted by Crippen LogP contribution is -2.38. The van der Waals surface area contributed by atoms with Crippen molar-refractivity contribution in [3.05, 3.63) is 83.3 Å². The molecule has 1 N–H and O–H groups in total. The van der Waals surface area contributed by atoms with Crippen LogP contribution in [0.3, 0.4) is 0 Å². The Labute approximate surface area is 189 Å². The zero-order valence-corrected chi connectivity index (χ0v) is 19.4. The third kappa shape index (κ3) is 5.38. The Morgan fingerprint density at radius 1 is 1.06 bits per heavy atom. The molecule has 0 saturated heterocycles. The summed E-state index contributed by atoms with van der Waals surface area (Å²) < 4.78 is 5.19. The molecule has 3 aromatic rings. The van der Waals surface area contributed by atoms with Crippen molar-refractivity contribution in [1.82, 2.24) is 4.90 Å². The molecule has 0 aliphatic carbocycles. The van der Waals surface area contributed by atoms with Crippen molar-refractivity contribution in [2.45, 2.75) is 39.8 Å². The molecule has 0 fully saturated rings. The summed E-state index contributed by atoms with van der Waals surface area (Å²) in [6.07, 6.45) is 2.31. The highest BCUT2D eigenvalue weighted by molar-refractivity contribution is 6.02. The molecule has 6 nitrogen and oxygen atoms in total. The van der Waals surface area contributed by atoms with Gasteiger partial charge in [-0.1, -0.05) is 24.6 Å². The van der Waals surface area contributed by atoms with Gasteiger partial charge >= 0.3 is 0 Å². The molecule has 6 heteroatoms. The summed E-state index contributed by atoms with van der Waals surface area (Å²) in [7, 11) is 3.94. The number of nitrogens with one attached hydrogen (secondary N) is 1. The van der Waals surface area contributed by atoms with Gasteiger partial charge in [-0.3, -0.25) is 9.59 Å². The average molecular weight is 434 g/mol. The first-order valence-corrected chi connectivity index (χ1v) is 10.8. The molecule has 0 spiro atoms. The maximum atomic E-state index is 13.4. The van der Waals surface area contributed by atoms with E-state index in [2.05, 4.69) is 19.2 Å². The number of rotatable bonds is 8. The Kier molecular flexibility index (Phi) is 7.36. The average Bonchev–Trinajstić information content (AvgIpc) is 3.31. The van der Waals surface area contributed by atoms with E-state index in [0.717, 1.165) is 23.2 Å². The molecule has 32 heavy (non-hydrogen) atoms. The molecular formula is C26H31N3O3. The first-order chi connectivity index (χ1) is 15.3. The Morgan fingerprint density at radius 2 is 1.84 bits per heavy atom. The molecule has 1 heterocycles. The van der Waals surface area contributed by atoms with Crippen LogP contribution in [0.1, 0.15) is 52.3 Å². The zero-order valence-electron chi connectivity index (χ0n) is 19.4. The van der Waals surface area contributed by atoms with Gasteiger partial charge in [0.1, 0.15) is 0 Å². The Bertz CT molecular complexity index is 1070. The number of carbonyl (C=O) groups is 2. The molecule has 2 amide bonds. The molecular weight excluding hydrogens is 402 g/mol. The minimum atomic E-state index is -0.312. The number of hydrogen-bond donors (Lipinski definition) is 1. The van der Waals surface area contributed by atoms with Crippen LogP contribution in [-0.4, -0.2) is 36.9 Å². The van der Waals surface area contributed by atoms with E-state index in [1.807, 2.05) is 73.3 Å². The predicted octanol–water partition coefficient (Wildman–Crippen LogP) is 5.35. The molecule has 0 saturated carbocycles. The molecule has 2 aromatic carbocycles. The van der Waals surface area contributed by atoms with Crippen molar-refractivity contribution in [3.8, 4) is 0 Å². The minimum absolute atomic E-state index is 0.00206. The van der Waals surface area contributed by atoms with Crippen molar-refractivity contribution in [1.29, 1.82) is 0 Å². The third-order valence-electron chi connectivity index (χ3n) is 5.55. The van der Waals surface area contributed by atoms with E-state index in [9.17, 15) is 9.59 Å². The lowest BCUT2D eigenvalue weighted by atomic mass is 10.1. The van der Waals surface area contributed by atoms with Gasteiger partial charge < -0.3 is 19.5 Å². The second-order valence-corrected chi connectivity index (χ2v) is 8.23. The van der Waals surface area contributed by atoms with E-state index in [1.54, 1.807) is 12.1 Å². The molecule has 0 aliphatic heterocycles. The molecule has 0 aliphatic rings. The van der Waals surface area contributed by atoms with Crippen LogP contribution < -0.4 is 10.2 Å². The van der Waals surface area contributed by atoms with Gasteiger partial charge in [-0.2, -0.15) is 0 Å². The van der Waals surface area contributed by atoms with Gasteiger partial charge in [0.15, 0.2) is 5.76 Å². The van der Waals surface area contributed by atoms with Gasteiger partial charge in [-0.15, -0.1) is 0 Å². The smallest absolute Gasteiger partial charge is 0.291 e. The van der Waals surface area contributed by atoms with Crippen molar-refractivity contribution in [2.75, 3.05) is 24.3 Å². The van der Waals surface area contributed by atoms with E-state index in [0.29, 0.717) is 17.8 Å². The topological polar surface area (TPSA) is 65.8 Å². The van der Waals surface area contributed by atoms with Gasteiger partial charge in [-0.05, 0) is 68.3 Å². The van der Waals surface area contributed by atoms with E-state index in [4.69, 9.17) is 4.42 Å². The zero-order chi connectivity index (χ0) is 23.3. The van der Waals surface area contributed by atoms with Crippen LogP contribution in [0.25, 0.3) is 0 Å². The summed E-state index contributed by atoms with van der Waals surface area (Å²) in [5.74, 6) is -0.0648. The van der Waals surface area contributed by atoms with Crippen molar-refractivity contribution < 1.29 is 14.0 Å². The molecule has 168 valence electrons. The molecule has 3 rings (SSSR count). The minimum Gasteiger partial charge on any atom is -0.459 e. The number of anilines is 2. The van der Waals surface area contributed by atoms with Crippen LogP contribution in [-0.2, 0) is 6.54 Å². The first-order valence-electron chi connectivity index (χ1n) is 10.8. The van der Waals surface area contributed by atoms with Crippen LogP contribution in [0.5, 0.6) is 0 Å². The number of furan rings is 1. The van der Waals surface area contributed by atoms with Crippen molar-refractivity contribution >= 4 is 23.2 Å². The Hall–Kier alpha value is -3.54. The number of carbonyl (C=O) groups excluding carboxylic acids is 2. The first kappa shape index (κ1) is 23.1. The standard InChI is InChI=1S/C26H31N3O3/c1-6-19(3)29(26(31)20-10-7-9-18(2)15-20)17-21-16-22(12-13-23(21)28(4)5)27-25(30)24-11-8-14-32-24/h7-16,19H,6,17H2,1-5H3,(H,27,30)/t19-/m1/s1. The van der Waals surface area contributed by atoms with Crippen LogP contribution in [0.15, 0.2) is 65.3 Å². The van der Waals surface area contributed by atoms with E-state index >= 15 is 0 Å². The fourth-order valence-electron chi connectivity index (χ4n) is 3.60. The van der Waals surface area contributed by atoms with Crippen molar-refractivity contribution in [2.24, 2.45) is 0 Å². The second-order valence-electron chi connectivity index (χ2n) is 8.23. The highest BCUT2D eigenvalue weighted by Gasteiger charge is 2.23. The fraction of sp³-hybridized carbons (Fsp3) is 0.308. The van der Waals surface area contributed by atoms with Gasteiger partial charge in [0.2, 0.25) is 0 Å². The van der Waals surface area contributed by atoms with Gasteiger partial charge in [0.25, 0.3) is 11.8 Å². The molecule has 1 atom stereocenters. The van der Waals surface area contributed by atoms with Crippen LogP contribution >= 0.6 is 0 Å². The normalized spacial score (nSPS) is 11.7. The lowest BCUT2D eigenvalue weighted by molar-refractivity contribution is 0.0671. The third-order valence-corrected chi connectivity index (χ3v) is 5.55. The monoisotopic (exact) mass is 433 g/mol. The summed E-state index contributed by atoms with van der Waals surface area (Å²) >= 11 is 0. The summed E-state index contributed by atoms with van der Waals surface area (Å²) in [4.78, 5) is 29.8. The lowest BCUT2D eigenvalue weighted by Gasteiger charge is -2.31. The number of benzene rings is 2. The molecule has 0 bridgehead atoms. The van der Waals surface area contributed by atoms with Gasteiger partial charge in [-0.25, -0.2) is 0 Å². The Balaban J connectivity index is 1.93. The fourth-order valence-corrected chi connectivity index (χ4v) is 3.60. The highest BCUT2D eigenvalue weighted by Crippen LogP contribution is 2.27. The number of nitrogens with zero attached hydrogens (tertiary/aromatic N) is 2. The SMILES string of the molecule is CC[C@@H](C)N(Cc1cc(NC(=O)c2ccco2)ccc1N(C)C)C(=O)c1cccc(C)c1. The number of aryl methyl sites for hydroxylation is 1. The summed E-state index contributed by atoms with van der Waals surface area (Å²) in [6, 6.07) is 16.8. The maximum Gasteiger partial charge on any atom is 0.291 e.